The molecule has 0 bridgehead atoms. The Morgan fingerprint density at radius 1 is 0.113 bits per heavy atom. The molecule has 0 rings (SSSR count). The van der Waals surface area contributed by atoms with E-state index in [1.807, 2.05) is 0 Å². The summed E-state index contributed by atoms with van der Waals surface area (Å²) in [6, 6.07) is 0. The molecule has 0 heterocycles. The van der Waals surface area contributed by atoms with E-state index in [0.29, 0.717) is 73.9 Å². The van der Waals surface area contributed by atoms with Gasteiger partial charge in [0.2, 0.25) is 0 Å². The van der Waals surface area contributed by atoms with Crippen molar-refractivity contribution in [3.8, 4) is 0 Å². The van der Waals surface area contributed by atoms with Crippen LogP contribution in [0.5, 0.6) is 0 Å². The molecule has 0 aliphatic carbocycles. The zero-order valence-corrected chi connectivity index (χ0v) is 86.8. The largest absolute Gasteiger partial charge is 6.00 e. The average molecular weight is 1830 g/mol. The van der Waals surface area contributed by atoms with Gasteiger partial charge >= 0.3 is 21.1 Å². The third kappa shape index (κ3) is 124. The molecule has 0 saturated carbocycles. The van der Waals surface area contributed by atoms with Gasteiger partial charge in [-0.05, 0) is 151 Å². The quantitative estimate of drug-likeness (QED) is 0.0314. The van der Waals surface area contributed by atoms with Crippen molar-refractivity contribution in [3.05, 3.63) is 0 Å². The van der Waals surface area contributed by atoms with Crippen molar-refractivity contribution < 1.29 is 77.8 Å². The molecular weight excluding hydrogens is 1630 g/mol. The molecule has 696 valence electrons. The van der Waals surface area contributed by atoms with Crippen LogP contribution in [0.15, 0.2) is 0 Å². The topological polar surface area (TPSA) is 241 Å². The van der Waals surface area contributed by atoms with Crippen molar-refractivity contribution in [2.24, 2.45) is 0 Å². The Hall–Kier alpha value is 1.83. The standard InChI is InChI=1S/6C16H35O2P.Mo/c6*1-3-5-7-9-11-13-15-19(17,18)16-14-12-10-8-6-4-2;/h6*3-16H2,1-2H3,(H,17,18);/q;;;;;;+6/p-6. The Balaban J connectivity index is -0.000000243. The summed E-state index contributed by atoms with van der Waals surface area (Å²) in [6.07, 6.45) is 88.7. The average Bonchev–Trinajstić information content (AvgIpc) is 0.980. The van der Waals surface area contributed by atoms with Crippen LogP contribution >= 0.6 is 44.2 Å². The second kappa shape index (κ2) is 103. The molecule has 0 amide bonds. The van der Waals surface area contributed by atoms with E-state index in [0.717, 1.165) is 154 Å². The number of unbranched alkanes of at least 4 members (excludes halogenated alkanes) is 60. The second-order valence-corrected chi connectivity index (χ2v) is 49.9. The fraction of sp³-hybridized carbons (Fsp3) is 1.00. The minimum absolute atomic E-state index is 0. The molecule has 115 heavy (non-hydrogen) atoms. The predicted octanol–water partition coefficient (Wildman–Crippen LogP) is 32.1. The van der Waals surface area contributed by atoms with E-state index in [4.69, 9.17) is 0 Å². The molecule has 0 aromatic rings. The first-order chi connectivity index (χ1) is 54.7. The van der Waals surface area contributed by atoms with Crippen LogP contribution in [-0.2, 0) is 48.5 Å². The Kier molecular flexibility index (Phi) is 116. The second-order valence-electron chi connectivity index (χ2n) is 34.8. The van der Waals surface area contributed by atoms with Gasteiger partial charge in [0, 0.05) is 44.2 Å². The Bertz CT molecular complexity index is 1630. The maximum absolute atomic E-state index is 11.8. The van der Waals surface area contributed by atoms with Crippen molar-refractivity contribution in [2.45, 2.75) is 545 Å². The van der Waals surface area contributed by atoms with Crippen molar-refractivity contribution in [3.63, 3.8) is 0 Å². The molecule has 12 nitrogen and oxygen atoms in total. The van der Waals surface area contributed by atoms with E-state index in [2.05, 4.69) is 83.1 Å². The van der Waals surface area contributed by atoms with E-state index in [1.165, 1.54) is 308 Å². The monoisotopic (exact) mass is 1830 g/mol. The first-order valence-electron chi connectivity index (χ1n) is 50.5. The fourth-order valence-corrected chi connectivity index (χ4v) is 24.1. The summed E-state index contributed by atoms with van der Waals surface area (Å²) in [5, 5.41) is 0. The number of rotatable bonds is 84. The summed E-state index contributed by atoms with van der Waals surface area (Å²) < 4.78 is 71.0. The van der Waals surface area contributed by atoms with Gasteiger partial charge in [-0.1, -0.05) is 468 Å². The smallest absolute Gasteiger partial charge is 0.799 e. The normalized spacial score (nSPS) is 11.8. The predicted molar refractivity (Wildman–Crippen MR) is 505 cm³/mol. The molecule has 0 spiro atoms. The summed E-state index contributed by atoms with van der Waals surface area (Å²) in [4.78, 5) is 71.0. The van der Waals surface area contributed by atoms with Gasteiger partial charge in [0.15, 0.2) is 0 Å². The molecular formula is C96H204MoO12P6. The molecule has 19 heteroatoms. The molecule has 0 aromatic heterocycles. The first-order valence-corrected chi connectivity index (χ1v) is 62.4. The van der Waals surface area contributed by atoms with Crippen molar-refractivity contribution >= 4 is 44.2 Å². The summed E-state index contributed by atoms with van der Waals surface area (Å²) in [6.45, 7) is 26.4. The minimum Gasteiger partial charge on any atom is -0.799 e. The van der Waals surface area contributed by atoms with Gasteiger partial charge in [0.1, 0.15) is 0 Å². The van der Waals surface area contributed by atoms with Crippen LogP contribution < -0.4 is 29.4 Å². The van der Waals surface area contributed by atoms with Gasteiger partial charge in [-0.15, -0.1) is 0 Å². The van der Waals surface area contributed by atoms with E-state index in [9.17, 15) is 56.8 Å². The van der Waals surface area contributed by atoms with Crippen LogP contribution in [0.1, 0.15) is 545 Å². The van der Waals surface area contributed by atoms with E-state index in [1.54, 1.807) is 0 Å². The first kappa shape index (κ1) is 130. The van der Waals surface area contributed by atoms with Crippen LogP contribution in [-0.4, -0.2) is 73.9 Å². The zero-order chi connectivity index (χ0) is 86.4. The summed E-state index contributed by atoms with van der Waals surface area (Å²) in [7, 11) is -18.3. The molecule has 0 aliphatic rings. The van der Waals surface area contributed by atoms with Crippen LogP contribution in [0.25, 0.3) is 0 Å². The van der Waals surface area contributed by atoms with Crippen molar-refractivity contribution in [1.82, 2.24) is 0 Å². The van der Waals surface area contributed by atoms with Crippen LogP contribution in [0.2, 0.25) is 0 Å². The zero-order valence-electron chi connectivity index (χ0n) is 79.4. The molecule has 0 unspecified atom stereocenters. The maximum atomic E-state index is 11.8. The summed E-state index contributed by atoms with van der Waals surface area (Å²) in [5.74, 6) is 0. The van der Waals surface area contributed by atoms with Crippen LogP contribution in [0, 0.1) is 0 Å². The van der Waals surface area contributed by atoms with Crippen LogP contribution in [0.3, 0.4) is 0 Å². The fourth-order valence-electron chi connectivity index (χ4n) is 14.3. The van der Waals surface area contributed by atoms with Gasteiger partial charge in [-0.2, -0.15) is 0 Å². The van der Waals surface area contributed by atoms with E-state index >= 15 is 0 Å². The molecule has 0 aliphatic heterocycles. The maximum Gasteiger partial charge on any atom is 6.00 e. The van der Waals surface area contributed by atoms with E-state index in [-0.39, 0.29) is 21.1 Å². The molecule has 0 fully saturated rings. The Morgan fingerprint density at radius 3 is 0.226 bits per heavy atom. The molecule has 0 N–H and O–H groups in total. The molecule has 0 aromatic carbocycles. The number of hydrogen-bond acceptors (Lipinski definition) is 12. The van der Waals surface area contributed by atoms with Gasteiger partial charge in [-0.25, -0.2) is 0 Å². The summed E-state index contributed by atoms with van der Waals surface area (Å²) >= 11 is 0. The third-order valence-electron chi connectivity index (χ3n) is 22.2. The Labute approximate surface area is 736 Å². The van der Waals surface area contributed by atoms with Gasteiger partial charge in [0.05, 0.1) is 0 Å². The molecule has 0 radical (unpaired) electrons. The molecule has 0 saturated heterocycles. The number of hydrogen-bond donors (Lipinski definition) is 0. The van der Waals surface area contributed by atoms with Gasteiger partial charge in [0.25, 0.3) is 0 Å². The molecule has 0 atom stereocenters. The van der Waals surface area contributed by atoms with Crippen molar-refractivity contribution in [2.75, 3.05) is 73.9 Å². The SMILES string of the molecule is CCCCCCCCP(=O)([O-])CCCCCCCC.CCCCCCCCP(=O)([O-])CCCCCCCC.CCCCCCCCP(=O)([O-])CCCCCCCC.CCCCCCCCP(=O)([O-])CCCCCCCC.CCCCCCCCP(=O)([O-])CCCCCCCC.CCCCCCCCP(=O)([O-])CCCCCCCC.[Mo+6]. The van der Waals surface area contributed by atoms with Crippen molar-refractivity contribution in [1.29, 1.82) is 0 Å². The van der Waals surface area contributed by atoms with Gasteiger partial charge < -0.3 is 56.8 Å². The van der Waals surface area contributed by atoms with Crippen LogP contribution in [0.4, 0.5) is 0 Å². The summed E-state index contributed by atoms with van der Waals surface area (Å²) in [5.41, 5.74) is 0. The van der Waals surface area contributed by atoms with E-state index < -0.39 is 44.2 Å². The third-order valence-corrected chi connectivity index (χ3v) is 34.2. The Morgan fingerprint density at radius 2 is 0.165 bits per heavy atom. The minimum atomic E-state index is -3.05. The van der Waals surface area contributed by atoms with Gasteiger partial charge in [-0.3, -0.25) is 0 Å².